The molecule has 0 bridgehead atoms. The molecule has 0 aliphatic carbocycles. The van der Waals surface area contributed by atoms with Crippen molar-refractivity contribution in [3.8, 4) is 6.01 Å². The Balaban J connectivity index is 1.56. The SMILES string of the molecule is O=S(=O)(c1cccc2ccccc12)N1CC[C@@H](Oc2ncc(F)cn2)C1. The van der Waals surface area contributed by atoms with Crippen molar-refractivity contribution in [3.63, 3.8) is 0 Å². The Morgan fingerprint density at radius 2 is 1.81 bits per heavy atom. The minimum Gasteiger partial charge on any atom is -0.459 e. The lowest BCUT2D eigenvalue weighted by Crippen LogP contribution is -2.31. The number of hydrogen-bond acceptors (Lipinski definition) is 5. The van der Waals surface area contributed by atoms with Crippen molar-refractivity contribution in [1.82, 2.24) is 14.3 Å². The summed E-state index contributed by atoms with van der Waals surface area (Å²) in [6, 6.07) is 12.7. The summed E-state index contributed by atoms with van der Waals surface area (Å²) in [6.07, 6.45) is 2.18. The predicted octanol–water partition coefficient (Wildman–Crippen LogP) is 2.61. The zero-order chi connectivity index (χ0) is 18.1. The van der Waals surface area contributed by atoms with Gasteiger partial charge in [0.25, 0.3) is 0 Å². The molecule has 0 spiro atoms. The zero-order valence-electron chi connectivity index (χ0n) is 13.7. The van der Waals surface area contributed by atoms with Crippen LogP contribution in [0.3, 0.4) is 0 Å². The van der Waals surface area contributed by atoms with Gasteiger partial charge in [-0.1, -0.05) is 36.4 Å². The minimum atomic E-state index is -3.64. The molecule has 0 N–H and O–H groups in total. The van der Waals surface area contributed by atoms with E-state index >= 15 is 0 Å². The number of sulfonamides is 1. The summed E-state index contributed by atoms with van der Waals surface area (Å²) in [4.78, 5) is 7.79. The molecule has 0 amide bonds. The van der Waals surface area contributed by atoms with Crippen molar-refractivity contribution < 1.29 is 17.5 Å². The van der Waals surface area contributed by atoms with Crippen LogP contribution in [0.15, 0.2) is 59.8 Å². The molecule has 26 heavy (non-hydrogen) atoms. The van der Waals surface area contributed by atoms with E-state index in [2.05, 4.69) is 9.97 Å². The number of nitrogens with zero attached hydrogens (tertiary/aromatic N) is 3. The van der Waals surface area contributed by atoms with Crippen LogP contribution in [0.4, 0.5) is 4.39 Å². The predicted molar refractivity (Wildman–Crippen MR) is 93.7 cm³/mol. The van der Waals surface area contributed by atoms with Gasteiger partial charge in [-0.3, -0.25) is 0 Å². The van der Waals surface area contributed by atoms with Crippen LogP contribution in [0, 0.1) is 5.82 Å². The van der Waals surface area contributed by atoms with E-state index in [1.165, 1.54) is 4.31 Å². The summed E-state index contributed by atoms with van der Waals surface area (Å²) in [5, 5.41) is 1.57. The Labute approximate surface area is 150 Å². The lowest BCUT2D eigenvalue weighted by Gasteiger charge is -2.18. The number of fused-ring (bicyclic) bond motifs is 1. The normalized spacial score (nSPS) is 18.3. The molecule has 0 radical (unpaired) electrons. The van der Waals surface area contributed by atoms with Crippen LogP contribution in [-0.4, -0.2) is 41.9 Å². The Morgan fingerprint density at radius 3 is 2.62 bits per heavy atom. The first kappa shape index (κ1) is 16.9. The topological polar surface area (TPSA) is 72.4 Å². The molecule has 6 nitrogen and oxygen atoms in total. The molecule has 3 aromatic rings. The van der Waals surface area contributed by atoms with E-state index in [1.807, 2.05) is 24.3 Å². The maximum atomic E-state index is 13.1. The molecule has 2 heterocycles. The van der Waals surface area contributed by atoms with Crippen molar-refractivity contribution in [2.45, 2.75) is 17.4 Å². The first-order chi connectivity index (χ1) is 12.5. The minimum absolute atomic E-state index is 0.0424. The molecule has 1 atom stereocenters. The molecular formula is C18H16FN3O3S. The van der Waals surface area contributed by atoms with Gasteiger partial charge in [-0.05, 0) is 17.9 Å². The Hall–Kier alpha value is -2.58. The van der Waals surface area contributed by atoms with Crippen LogP contribution < -0.4 is 4.74 Å². The van der Waals surface area contributed by atoms with E-state index in [0.29, 0.717) is 18.4 Å². The van der Waals surface area contributed by atoms with Crippen molar-refractivity contribution in [3.05, 3.63) is 60.7 Å². The van der Waals surface area contributed by atoms with Gasteiger partial charge in [0.2, 0.25) is 10.0 Å². The highest BCUT2D eigenvalue weighted by atomic mass is 32.2. The maximum Gasteiger partial charge on any atom is 0.316 e. The van der Waals surface area contributed by atoms with Crippen molar-refractivity contribution >= 4 is 20.8 Å². The quantitative estimate of drug-likeness (QED) is 0.703. The third-order valence-electron chi connectivity index (χ3n) is 4.34. The molecule has 1 fully saturated rings. The number of hydrogen-bond donors (Lipinski definition) is 0. The van der Waals surface area contributed by atoms with Crippen LogP contribution >= 0.6 is 0 Å². The monoisotopic (exact) mass is 373 g/mol. The van der Waals surface area contributed by atoms with Crippen LogP contribution in [0.2, 0.25) is 0 Å². The summed E-state index contributed by atoms with van der Waals surface area (Å²) in [7, 11) is -3.64. The molecule has 1 aliphatic rings. The van der Waals surface area contributed by atoms with E-state index in [9.17, 15) is 12.8 Å². The van der Waals surface area contributed by atoms with E-state index < -0.39 is 15.8 Å². The lowest BCUT2D eigenvalue weighted by molar-refractivity contribution is 0.197. The number of halogens is 1. The molecule has 1 saturated heterocycles. The second-order valence-electron chi connectivity index (χ2n) is 6.05. The van der Waals surface area contributed by atoms with Gasteiger partial charge >= 0.3 is 6.01 Å². The van der Waals surface area contributed by atoms with Gasteiger partial charge in [-0.25, -0.2) is 22.8 Å². The highest BCUT2D eigenvalue weighted by Gasteiger charge is 2.34. The van der Waals surface area contributed by atoms with Gasteiger partial charge in [0.05, 0.1) is 23.8 Å². The molecule has 0 unspecified atom stereocenters. The van der Waals surface area contributed by atoms with Crippen molar-refractivity contribution in [1.29, 1.82) is 0 Å². The number of ether oxygens (including phenoxy) is 1. The highest BCUT2D eigenvalue weighted by molar-refractivity contribution is 7.89. The van der Waals surface area contributed by atoms with Crippen LogP contribution in [0.25, 0.3) is 10.8 Å². The van der Waals surface area contributed by atoms with Gasteiger partial charge in [-0.15, -0.1) is 0 Å². The molecule has 2 aromatic carbocycles. The van der Waals surface area contributed by atoms with E-state index in [0.717, 1.165) is 17.8 Å². The van der Waals surface area contributed by atoms with Gasteiger partial charge in [0.1, 0.15) is 6.10 Å². The molecule has 4 rings (SSSR count). The van der Waals surface area contributed by atoms with Gasteiger partial charge in [0, 0.05) is 11.9 Å². The largest absolute Gasteiger partial charge is 0.459 e. The fraction of sp³-hybridized carbons (Fsp3) is 0.222. The average molecular weight is 373 g/mol. The smallest absolute Gasteiger partial charge is 0.316 e. The second kappa shape index (κ2) is 6.62. The Bertz CT molecular complexity index is 1040. The van der Waals surface area contributed by atoms with Gasteiger partial charge in [-0.2, -0.15) is 4.31 Å². The summed E-state index contributed by atoms with van der Waals surface area (Å²) in [6.45, 7) is 0.545. The molecule has 0 saturated carbocycles. The third kappa shape index (κ3) is 3.13. The molecule has 1 aromatic heterocycles. The third-order valence-corrected chi connectivity index (χ3v) is 6.27. The van der Waals surface area contributed by atoms with Gasteiger partial charge in [0.15, 0.2) is 5.82 Å². The maximum absolute atomic E-state index is 13.1. The summed E-state index contributed by atoms with van der Waals surface area (Å²) < 4.78 is 46.0. The van der Waals surface area contributed by atoms with Crippen LogP contribution in [0.5, 0.6) is 6.01 Å². The zero-order valence-corrected chi connectivity index (χ0v) is 14.6. The fourth-order valence-corrected chi connectivity index (χ4v) is 4.78. The Kier molecular flexibility index (Phi) is 4.29. The standard InChI is InChI=1S/C18H16FN3O3S/c19-14-10-20-18(21-11-14)25-15-8-9-22(12-15)26(23,24)17-7-3-5-13-4-1-2-6-16(13)17/h1-7,10-11,15H,8-9,12H2/t15-/m1/s1. The van der Waals surface area contributed by atoms with Crippen molar-refractivity contribution in [2.75, 3.05) is 13.1 Å². The molecule has 1 aliphatic heterocycles. The van der Waals surface area contributed by atoms with Crippen LogP contribution in [-0.2, 0) is 10.0 Å². The number of benzene rings is 2. The molecule has 134 valence electrons. The molecule has 8 heteroatoms. The Morgan fingerprint density at radius 1 is 1.08 bits per heavy atom. The average Bonchev–Trinajstić information content (AvgIpc) is 3.12. The highest BCUT2D eigenvalue weighted by Crippen LogP contribution is 2.28. The van der Waals surface area contributed by atoms with E-state index in [-0.39, 0.29) is 23.6 Å². The fourth-order valence-electron chi connectivity index (χ4n) is 3.08. The number of aromatic nitrogens is 2. The van der Waals surface area contributed by atoms with Gasteiger partial charge < -0.3 is 4.74 Å². The summed E-state index contributed by atoms with van der Waals surface area (Å²) in [5.74, 6) is -0.552. The van der Waals surface area contributed by atoms with E-state index in [1.54, 1.807) is 18.2 Å². The van der Waals surface area contributed by atoms with Crippen molar-refractivity contribution in [2.24, 2.45) is 0 Å². The summed E-state index contributed by atoms with van der Waals surface area (Å²) in [5.41, 5.74) is 0. The summed E-state index contributed by atoms with van der Waals surface area (Å²) >= 11 is 0. The molecular weight excluding hydrogens is 357 g/mol. The lowest BCUT2D eigenvalue weighted by atomic mass is 10.1. The first-order valence-electron chi connectivity index (χ1n) is 8.16. The first-order valence-corrected chi connectivity index (χ1v) is 9.60. The second-order valence-corrected chi connectivity index (χ2v) is 7.96. The number of rotatable bonds is 4. The van der Waals surface area contributed by atoms with Crippen LogP contribution in [0.1, 0.15) is 6.42 Å². The van der Waals surface area contributed by atoms with E-state index in [4.69, 9.17) is 4.74 Å².